The minimum atomic E-state index is -0.542. The van der Waals surface area contributed by atoms with Gasteiger partial charge in [-0.2, -0.15) is 5.10 Å². The largest absolute Gasteiger partial charge is 0.490 e. The maximum absolute atomic E-state index is 13.5. The molecule has 0 spiro atoms. The predicted octanol–water partition coefficient (Wildman–Crippen LogP) is 2.76. The fourth-order valence-corrected chi connectivity index (χ4v) is 4.18. The van der Waals surface area contributed by atoms with Gasteiger partial charge in [-0.1, -0.05) is 17.7 Å². The molecule has 2 saturated heterocycles. The Balaban J connectivity index is 0.00000225. The van der Waals surface area contributed by atoms with Crippen LogP contribution in [-0.2, 0) is 10.3 Å². The van der Waals surface area contributed by atoms with E-state index in [2.05, 4.69) is 29.5 Å². The van der Waals surface area contributed by atoms with Gasteiger partial charge in [0, 0.05) is 38.3 Å². The van der Waals surface area contributed by atoms with E-state index >= 15 is 0 Å². The molecule has 7 heteroatoms. The molecular weight excluding hydrogens is 376 g/mol. The lowest BCUT2D eigenvalue weighted by Crippen LogP contribution is -2.57. The van der Waals surface area contributed by atoms with Crippen molar-refractivity contribution in [2.24, 2.45) is 0 Å². The lowest BCUT2D eigenvalue weighted by Gasteiger charge is -2.42. The number of hydrogen-bond acceptors (Lipinski definition) is 4. The van der Waals surface area contributed by atoms with Gasteiger partial charge < -0.3 is 15.0 Å². The highest BCUT2D eigenvalue weighted by molar-refractivity contribution is 5.85. The average Bonchev–Trinajstić information content (AvgIpc) is 3.26. The summed E-state index contributed by atoms with van der Waals surface area (Å²) in [7, 11) is 0. The Morgan fingerprint density at radius 2 is 1.86 bits per heavy atom. The SMILES string of the molecule is Cc1ccc(OC2CCN(C(=O)C3(n4cccn4)CCNCC3)CC2)cc1.Cl. The standard InChI is InChI=1S/C21H28N4O2.ClH/c1-17-3-5-18(6-4-17)27-19-7-15-24(16-8-19)20(26)21(9-12-22-13-10-21)25-14-2-11-23-25;/h2-6,11,14,19,22H,7-10,12-13,15-16H2,1H3;1H. The van der Waals surface area contributed by atoms with E-state index in [0.717, 1.165) is 57.6 Å². The van der Waals surface area contributed by atoms with Gasteiger partial charge in [-0.05, 0) is 51.1 Å². The molecule has 3 heterocycles. The third-order valence-electron chi connectivity index (χ3n) is 5.82. The van der Waals surface area contributed by atoms with Crippen LogP contribution >= 0.6 is 12.4 Å². The Labute approximate surface area is 172 Å². The number of aromatic nitrogens is 2. The van der Waals surface area contributed by atoms with E-state index in [9.17, 15) is 4.79 Å². The van der Waals surface area contributed by atoms with Crippen molar-refractivity contribution in [3.05, 3.63) is 48.3 Å². The van der Waals surface area contributed by atoms with Crippen LogP contribution in [0.1, 0.15) is 31.2 Å². The average molecular weight is 405 g/mol. The van der Waals surface area contributed by atoms with E-state index in [1.807, 2.05) is 34.0 Å². The number of halogens is 1. The van der Waals surface area contributed by atoms with Crippen molar-refractivity contribution < 1.29 is 9.53 Å². The number of piperidine rings is 2. The molecule has 0 aliphatic carbocycles. The molecule has 1 aromatic carbocycles. The molecule has 2 fully saturated rings. The van der Waals surface area contributed by atoms with Gasteiger partial charge >= 0.3 is 0 Å². The van der Waals surface area contributed by atoms with E-state index in [0.29, 0.717) is 0 Å². The molecule has 6 nitrogen and oxygen atoms in total. The Morgan fingerprint density at radius 1 is 1.18 bits per heavy atom. The number of amides is 1. The molecule has 0 bridgehead atoms. The zero-order valence-corrected chi connectivity index (χ0v) is 17.2. The third kappa shape index (κ3) is 4.18. The van der Waals surface area contributed by atoms with Crippen molar-refractivity contribution in [3.8, 4) is 5.75 Å². The topological polar surface area (TPSA) is 59.4 Å². The molecule has 2 aliphatic rings. The summed E-state index contributed by atoms with van der Waals surface area (Å²) < 4.78 is 8.00. The van der Waals surface area contributed by atoms with E-state index in [1.54, 1.807) is 6.20 Å². The van der Waals surface area contributed by atoms with Crippen LogP contribution in [0.5, 0.6) is 5.75 Å². The number of ether oxygens (including phenoxy) is 1. The van der Waals surface area contributed by atoms with Gasteiger partial charge in [0.15, 0.2) is 0 Å². The minimum Gasteiger partial charge on any atom is -0.490 e. The van der Waals surface area contributed by atoms with Crippen LogP contribution in [0.15, 0.2) is 42.7 Å². The summed E-state index contributed by atoms with van der Waals surface area (Å²) in [5.74, 6) is 1.12. The van der Waals surface area contributed by atoms with Crippen molar-refractivity contribution in [3.63, 3.8) is 0 Å². The molecule has 0 unspecified atom stereocenters. The number of likely N-dealkylation sites (tertiary alicyclic amines) is 1. The van der Waals surface area contributed by atoms with Crippen LogP contribution in [0.25, 0.3) is 0 Å². The first-order chi connectivity index (χ1) is 13.2. The van der Waals surface area contributed by atoms with E-state index in [-0.39, 0.29) is 24.4 Å². The highest BCUT2D eigenvalue weighted by Gasteiger charge is 2.45. The molecule has 1 N–H and O–H groups in total. The summed E-state index contributed by atoms with van der Waals surface area (Å²) in [6.07, 6.45) is 7.17. The summed E-state index contributed by atoms with van der Waals surface area (Å²) in [4.78, 5) is 15.5. The van der Waals surface area contributed by atoms with Crippen molar-refractivity contribution in [2.45, 2.75) is 44.2 Å². The minimum absolute atomic E-state index is 0. The predicted molar refractivity (Wildman–Crippen MR) is 111 cm³/mol. The summed E-state index contributed by atoms with van der Waals surface area (Å²) >= 11 is 0. The fourth-order valence-electron chi connectivity index (χ4n) is 4.18. The molecule has 0 saturated carbocycles. The Bertz CT molecular complexity index is 749. The summed E-state index contributed by atoms with van der Waals surface area (Å²) in [6.45, 7) is 5.25. The van der Waals surface area contributed by atoms with Crippen LogP contribution in [0.4, 0.5) is 0 Å². The number of hydrogen-bond donors (Lipinski definition) is 1. The fraction of sp³-hybridized carbons (Fsp3) is 0.524. The number of aryl methyl sites for hydroxylation is 1. The van der Waals surface area contributed by atoms with Crippen molar-refractivity contribution >= 4 is 18.3 Å². The molecule has 2 aliphatic heterocycles. The van der Waals surface area contributed by atoms with Crippen LogP contribution < -0.4 is 10.1 Å². The molecule has 28 heavy (non-hydrogen) atoms. The number of nitrogens with zero attached hydrogens (tertiary/aromatic N) is 3. The van der Waals surface area contributed by atoms with Gasteiger partial charge in [-0.15, -0.1) is 12.4 Å². The van der Waals surface area contributed by atoms with E-state index < -0.39 is 5.54 Å². The van der Waals surface area contributed by atoms with Crippen LogP contribution in [0.2, 0.25) is 0 Å². The number of rotatable bonds is 4. The van der Waals surface area contributed by atoms with Crippen LogP contribution in [0.3, 0.4) is 0 Å². The molecule has 0 atom stereocenters. The van der Waals surface area contributed by atoms with Gasteiger partial charge in [0.1, 0.15) is 17.4 Å². The first-order valence-corrected chi connectivity index (χ1v) is 9.91. The van der Waals surface area contributed by atoms with Gasteiger partial charge in [0.05, 0.1) is 0 Å². The van der Waals surface area contributed by atoms with E-state index in [4.69, 9.17) is 4.74 Å². The number of benzene rings is 1. The van der Waals surface area contributed by atoms with Crippen LogP contribution in [-0.4, -0.2) is 52.9 Å². The lowest BCUT2D eigenvalue weighted by molar-refractivity contribution is -0.145. The molecule has 1 aromatic heterocycles. The normalized spacial score (nSPS) is 19.7. The second-order valence-electron chi connectivity index (χ2n) is 7.65. The first-order valence-electron chi connectivity index (χ1n) is 9.91. The van der Waals surface area contributed by atoms with Crippen molar-refractivity contribution in [1.82, 2.24) is 20.0 Å². The summed E-state index contributed by atoms with van der Waals surface area (Å²) in [5.41, 5.74) is 0.688. The molecule has 1 amide bonds. The van der Waals surface area contributed by atoms with E-state index in [1.165, 1.54) is 5.56 Å². The highest BCUT2D eigenvalue weighted by Crippen LogP contribution is 2.31. The second-order valence-corrected chi connectivity index (χ2v) is 7.65. The van der Waals surface area contributed by atoms with Gasteiger partial charge in [0.2, 0.25) is 0 Å². The van der Waals surface area contributed by atoms with Gasteiger partial charge in [-0.25, -0.2) is 0 Å². The molecular formula is C21H29ClN4O2. The third-order valence-corrected chi connectivity index (χ3v) is 5.82. The highest BCUT2D eigenvalue weighted by atomic mass is 35.5. The maximum Gasteiger partial charge on any atom is 0.250 e. The molecule has 2 aromatic rings. The molecule has 4 rings (SSSR count). The smallest absolute Gasteiger partial charge is 0.250 e. The van der Waals surface area contributed by atoms with Gasteiger partial charge in [-0.3, -0.25) is 9.48 Å². The van der Waals surface area contributed by atoms with Crippen LogP contribution in [0, 0.1) is 6.92 Å². The quantitative estimate of drug-likeness (QED) is 0.851. The monoisotopic (exact) mass is 404 g/mol. The zero-order chi connectivity index (χ0) is 18.7. The first kappa shape index (κ1) is 20.7. The van der Waals surface area contributed by atoms with Gasteiger partial charge in [0.25, 0.3) is 5.91 Å². The van der Waals surface area contributed by atoms with Crippen molar-refractivity contribution in [2.75, 3.05) is 26.2 Å². The number of carbonyl (C=O) groups is 1. The molecule has 0 radical (unpaired) electrons. The molecule has 152 valence electrons. The Hall–Kier alpha value is -2.05. The number of carbonyl (C=O) groups excluding carboxylic acids is 1. The summed E-state index contributed by atoms with van der Waals surface area (Å²) in [6, 6.07) is 10.1. The Kier molecular flexibility index (Phi) is 6.62. The Morgan fingerprint density at radius 3 is 2.46 bits per heavy atom. The zero-order valence-electron chi connectivity index (χ0n) is 16.3. The maximum atomic E-state index is 13.5. The number of nitrogens with one attached hydrogen (secondary N) is 1. The lowest BCUT2D eigenvalue weighted by atomic mass is 9.86. The van der Waals surface area contributed by atoms with Crippen molar-refractivity contribution in [1.29, 1.82) is 0 Å². The second kappa shape index (κ2) is 8.97. The summed E-state index contributed by atoms with van der Waals surface area (Å²) in [5, 5.41) is 7.79.